The molecular formula is C15H18F3N3O3. The van der Waals surface area contributed by atoms with Gasteiger partial charge in [-0.3, -0.25) is 14.9 Å². The summed E-state index contributed by atoms with van der Waals surface area (Å²) in [7, 11) is 1.04. The second-order valence-electron chi connectivity index (χ2n) is 5.75. The fraction of sp³-hybridized carbons (Fsp3) is 0.533. The number of nitro benzene ring substituents is 1. The predicted molar refractivity (Wildman–Crippen MR) is 80.3 cm³/mol. The zero-order valence-corrected chi connectivity index (χ0v) is 13.1. The van der Waals surface area contributed by atoms with Crippen LogP contribution in [0.25, 0.3) is 0 Å². The number of nitro groups is 1. The summed E-state index contributed by atoms with van der Waals surface area (Å²) in [5.74, 6) is -2.01. The van der Waals surface area contributed by atoms with E-state index in [2.05, 4.69) is 0 Å². The zero-order valence-electron chi connectivity index (χ0n) is 13.1. The average Bonchev–Trinajstić information content (AvgIpc) is 3.03. The van der Waals surface area contributed by atoms with E-state index in [9.17, 15) is 28.1 Å². The Balaban J connectivity index is 2.39. The molecule has 0 N–H and O–H groups in total. The Labute approximate surface area is 137 Å². The van der Waals surface area contributed by atoms with E-state index < -0.39 is 23.0 Å². The Morgan fingerprint density at radius 2 is 1.92 bits per heavy atom. The maximum absolute atomic E-state index is 12.8. The molecule has 0 spiro atoms. The topological polar surface area (TPSA) is 66.7 Å². The van der Waals surface area contributed by atoms with Crippen molar-refractivity contribution in [2.75, 3.05) is 26.7 Å². The summed E-state index contributed by atoms with van der Waals surface area (Å²) < 4.78 is 38.4. The lowest BCUT2D eigenvalue weighted by Gasteiger charge is -2.32. The standard InChI is InChI=1S/C15H18F3N3O3/c1-19(14(22)15(16,17)18)13(10-20-8-4-5-9-20)11-6-2-3-7-12(11)21(23)24/h2-3,6-7,13H,4-5,8-10H2,1H3/t13-/m1/s1. The highest BCUT2D eigenvalue weighted by Gasteiger charge is 2.44. The van der Waals surface area contributed by atoms with E-state index in [1.54, 1.807) is 0 Å². The minimum absolute atomic E-state index is 0.106. The van der Waals surface area contributed by atoms with Crippen LogP contribution in [0.1, 0.15) is 24.4 Å². The number of para-hydroxylation sites is 1. The molecule has 2 rings (SSSR count). The van der Waals surface area contributed by atoms with Crippen molar-refractivity contribution in [3.05, 3.63) is 39.9 Å². The monoisotopic (exact) mass is 345 g/mol. The molecule has 0 aliphatic carbocycles. The highest BCUT2D eigenvalue weighted by atomic mass is 19.4. The number of alkyl halides is 3. The van der Waals surface area contributed by atoms with Crippen molar-refractivity contribution in [2.45, 2.75) is 25.1 Å². The Morgan fingerprint density at radius 1 is 1.33 bits per heavy atom. The molecule has 1 saturated heterocycles. The molecule has 1 aliphatic heterocycles. The third-order valence-electron chi connectivity index (χ3n) is 4.15. The van der Waals surface area contributed by atoms with Crippen LogP contribution in [0.4, 0.5) is 18.9 Å². The Bertz CT molecular complexity index is 615. The van der Waals surface area contributed by atoms with Crippen molar-refractivity contribution < 1.29 is 22.9 Å². The molecule has 132 valence electrons. The minimum Gasteiger partial charge on any atom is -0.329 e. The quantitative estimate of drug-likeness (QED) is 0.608. The molecule has 1 aromatic rings. The highest BCUT2D eigenvalue weighted by Crippen LogP contribution is 2.32. The van der Waals surface area contributed by atoms with E-state index in [4.69, 9.17) is 0 Å². The fourth-order valence-electron chi connectivity index (χ4n) is 2.92. The summed E-state index contributed by atoms with van der Waals surface area (Å²) in [6, 6.07) is 4.56. The van der Waals surface area contributed by atoms with Crippen LogP contribution in [0.2, 0.25) is 0 Å². The second kappa shape index (κ2) is 7.16. The van der Waals surface area contributed by atoms with E-state index in [0.29, 0.717) is 18.0 Å². The summed E-state index contributed by atoms with van der Waals surface area (Å²) in [6.45, 7) is 1.53. The lowest BCUT2D eigenvalue weighted by atomic mass is 10.0. The van der Waals surface area contributed by atoms with Gasteiger partial charge >= 0.3 is 12.1 Å². The smallest absolute Gasteiger partial charge is 0.329 e. The second-order valence-corrected chi connectivity index (χ2v) is 5.75. The van der Waals surface area contributed by atoms with E-state index in [-0.39, 0.29) is 17.8 Å². The minimum atomic E-state index is -5.03. The third-order valence-corrected chi connectivity index (χ3v) is 4.15. The SMILES string of the molecule is CN(C(=O)C(F)(F)F)[C@H](CN1CCCC1)c1ccccc1[N+](=O)[O-]. The van der Waals surface area contributed by atoms with Gasteiger partial charge in [-0.1, -0.05) is 18.2 Å². The van der Waals surface area contributed by atoms with Crippen molar-refractivity contribution in [3.63, 3.8) is 0 Å². The van der Waals surface area contributed by atoms with E-state index in [1.165, 1.54) is 24.3 Å². The molecule has 1 aliphatic rings. The van der Waals surface area contributed by atoms with Gasteiger partial charge in [0.05, 0.1) is 16.5 Å². The number of amides is 1. The molecule has 0 radical (unpaired) electrons. The lowest BCUT2D eigenvalue weighted by Crippen LogP contribution is -2.44. The molecule has 24 heavy (non-hydrogen) atoms. The first-order chi connectivity index (χ1) is 11.2. The summed E-state index contributed by atoms with van der Waals surface area (Å²) in [4.78, 5) is 24.7. The molecule has 0 bridgehead atoms. The van der Waals surface area contributed by atoms with Crippen LogP contribution in [-0.4, -0.2) is 53.5 Å². The molecule has 6 nitrogen and oxygen atoms in total. The lowest BCUT2D eigenvalue weighted by molar-refractivity contribution is -0.386. The number of benzene rings is 1. The van der Waals surface area contributed by atoms with Crippen LogP contribution in [-0.2, 0) is 4.79 Å². The first-order valence-electron chi connectivity index (χ1n) is 7.51. The van der Waals surface area contributed by atoms with Crippen LogP contribution in [0.3, 0.4) is 0 Å². The number of hydrogen-bond acceptors (Lipinski definition) is 4. The summed E-state index contributed by atoms with van der Waals surface area (Å²) >= 11 is 0. The number of nitrogens with zero attached hydrogens (tertiary/aromatic N) is 3. The van der Waals surface area contributed by atoms with Crippen molar-refractivity contribution >= 4 is 11.6 Å². The predicted octanol–water partition coefficient (Wildman–Crippen LogP) is 2.75. The maximum Gasteiger partial charge on any atom is 0.471 e. The number of likely N-dealkylation sites (N-methyl/N-ethyl adjacent to an activating group) is 1. The molecule has 1 atom stereocenters. The van der Waals surface area contributed by atoms with Gasteiger partial charge in [-0.15, -0.1) is 0 Å². The van der Waals surface area contributed by atoms with Crippen LogP contribution < -0.4 is 0 Å². The first kappa shape index (κ1) is 18.2. The molecule has 1 fully saturated rings. The molecule has 0 aromatic heterocycles. The summed E-state index contributed by atoms with van der Waals surface area (Å²) in [5.41, 5.74) is -0.182. The molecule has 0 saturated carbocycles. The number of carbonyl (C=O) groups excluding carboxylic acids is 1. The molecule has 9 heteroatoms. The Kier molecular flexibility index (Phi) is 5.43. The normalized spacial score (nSPS) is 16.8. The van der Waals surface area contributed by atoms with Crippen molar-refractivity contribution in [1.82, 2.24) is 9.80 Å². The van der Waals surface area contributed by atoms with Crippen molar-refractivity contribution in [1.29, 1.82) is 0 Å². The van der Waals surface area contributed by atoms with Crippen molar-refractivity contribution in [2.24, 2.45) is 0 Å². The first-order valence-corrected chi connectivity index (χ1v) is 7.51. The van der Waals surface area contributed by atoms with E-state index >= 15 is 0 Å². The van der Waals surface area contributed by atoms with Gasteiger partial charge in [0, 0.05) is 19.7 Å². The molecule has 1 heterocycles. The number of halogens is 3. The molecular weight excluding hydrogens is 327 g/mol. The van der Waals surface area contributed by atoms with E-state index in [1.807, 2.05) is 4.90 Å². The van der Waals surface area contributed by atoms with Gasteiger partial charge in [-0.05, 0) is 25.9 Å². The summed E-state index contributed by atoms with van der Waals surface area (Å²) in [6.07, 6.45) is -3.19. The van der Waals surface area contributed by atoms with Crippen LogP contribution in [0, 0.1) is 10.1 Å². The average molecular weight is 345 g/mol. The van der Waals surface area contributed by atoms with Gasteiger partial charge in [0.25, 0.3) is 5.69 Å². The van der Waals surface area contributed by atoms with Gasteiger partial charge < -0.3 is 9.80 Å². The maximum atomic E-state index is 12.8. The van der Waals surface area contributed by atoms with Crippen LogP contribution in [0.15, 0.2) is 24.3 Å². The molecule has 1 aromatic carbocycles. The van der Waals surface area contributed by atoms with Gasteiger partial charge in [0.2, 0.25) is 0 Å². The van der Waals surface area contributed by atoms with Crippen molar-refractivity contribution in [3.8, 4) is 0 Å². The van der Waals surface area contributed by atoms with Crippen LogP contribution in [0.5, 0.6) is 0 Å². The fourth-order valence-corrected chi connectivity index (χ4v) is 2.92. The van der Waals surface area contributed by atoms with Gasteiger partial charge in [-0.25, -0.2) is 0 Å². The molecule has 0 unspecified atom stereocenters. The molecule has 1 amide bonds. The number of hydrogen-bond donors (Lipinski definition) is 0. The largest absolute Gasteiger partial charge is 0.471 e. The third kappa shape index (κ3) is 4.02. The number of likely N-dealkylation sites (tertiary alicyclic amines) is 1. The summed E-state index contributed by atoms with van der Waals surface area (Å²) in [5, 5.41) is 11.2. The van der Waals surface area contributed by atoms with Gasteiger partial charge in [0.1, 0.15) is 0 Å². The van der Waals surface area contributed by atoms with Crippen LogP contribution >= 0.6 is 0 Å². The Hall–Kier alpha value is -2.16. The van der Waals surface area contributed by atoms with Gasteiger partial charge in [-0.2, -0.15) is 13.2 Å². The zero-order chi connectivity index (χ0) is 17.9. The van der Waals surface area contributed by atoms with E-state index in [0.717, 1.165) is 19.9 Å². The highest BCUT2D eigenvalue weighted by molar-refractivity contribution is 5.82. The van der Waals surface area contributed by atoms with Gasteiger partial charge in [0.15, 0.2) is 0 Å². The number of carbonyl (C=O) groups is 1. The Morgan fingerprint density at radius 3 is 2.46 bits per heavy atom. The number of rotatable bonds is 5.